The molecule has 2 N–H and O–H groups in total. The molecule has 8 heteroatoms. The highest BCUT2D eigenvalue weighted by Crippen LogP contribution is 2.35. The number of aliphatic hydroxyl groups is 1. The van der Waals surface area contributed by atoms with Crippen LogP contribution < -0.4 is 10.1 Å². The third-order valence-corrected chi connectivity index (χ3v) is 3.69. The fourth-order valence-electron chi connectivity index (χ4n) is 2.42. The third-order valence-electron chi connectivity index (χ3n) is 3.69. The number of alkyl halides is 3. The number of ether oxygens (including phenoxy) is 1. The van der Waals surface area contributed by atoms with Gasteiger partial charge in [-0.05, 0) is 19.1 Å². The second kappa shape index (κ2) is 7.18. The Hall–Kier alpha value is -1.80. The lowest BCUT2D eigenvalue weighted by molar-refractivity contribution is -0.139. The van der Waals surface area contributed by atoms with Crippen molar-refractivity contribution in [3.05, 3.63) is 29.8 Å². The van der Waals surface area contributed by atoms with E-state index in [4.69, 9.17) is 4.74 Å². The van der Waals surface area contributed by atoms with Crippen molar-refractivity contribution in [3.63, 3.8) is 0 Å². The number of para-hydroxylation sites is 1. The Balaban J connectivity index is 1.92. The summed E-state index contributed by atoms with van der Waals surface area (Å²) in [6, 6.07) is 4.47. The van der Waals surface area contributed by atoms with Gasteiger partial charge >= 0.3 is 6.18 Å². The van der Waals surface area contributed by atoms with Gasteiger partial charge < -0.3 is 15.2 Å². The first-order valence-corrected chi connectivity index (χ1v) is 7.28. The number of carbonyl (C=O) groups excluding carboxylic acids is 1. The van der Waals surface area contributed by atoms with Crippen molar-refractivity contribution in [2.24, 2.45) is 0 Å². The minimum absolute atomic E-state index is 0.133. The highest BCUT2D eigenvalue weighted by molar-refractivity contribution is 5.81. The summed E-state index contributed by atoms with van der Waals surface area (Å²) in [5, 5.41) is 12.7. The van der Waals surface area contributed by atoms with E-state index in [2.05, 4.69) is 5.32 Å². The Morgan fingerprint density at radius 2 is 2.13 bits per heavy atom. The van der Waals surface area contributed by atoms with E-state index in [-0.39, 0.29) is 30.9 Å². The van der Waals surface area contributed by atoms with E-state index < -0.39 is 17.8 Å². The minimum Gasteiger partial charge on any atom is -0.490 e. The molecule has 0 saturated carbocycles. The molecule has 0 radical (unpaired) electrons. The van der Waals surface area contributed by atoms with Crippen LogP contribution in [0.2, 0.25) is 0 Å². The fourth-order valence-corrected chi connectivity index (χ4v) is 2.42. The average Bonchev–Trinajstić information content (AvgIpc) is 2.49. The van der Waals surface area contributed by atoms with Gasteiger partial charge in [0.1, 0.15) is 18.5 Å². The molecule has 5 nitrogen and oxygen atoms in total. The van der Waals surface area contributed by atoms with Crippen molar-refractivity contribution < 1.29 is 27.8 Å². The van der Waals surface area contributed by atoms with Gasteiger partial charge in [0.05, 0.1) is 11.6 Å². The van der Waals surface area contributed by atoms with Crippen molar-refractivity contribution in [1.29, 1.82) is 0 Å². The molecule has 1 saturated heterocycles. The van der Waals surface area contributed by atoms with Gasteiger partial charge in [0.15, 0.2) is 0 Å². The summed E-state index contributed by atoms with van der Waals surface area (Å²) >= 11 is 0. The number of nitrogens with one attached hydrogen (secondary N) is 1. The minimum atomic E-state index is -4.51. The zero-order chi connectivity index (χ0) is 17.0. The van der Waals surface area contributed by atoms with Crippen LogP contribution in [0.1, 0.15) is 12.5 Å². The van der Waals surface area contributed by atoms with Crippen LogP contribution in [-0.4, -0.2) is 54.3 Å². The SMILES string of the molecule is C[C@H]1C(=O)NCCN1C[C@H](O)COc1ccccc1C(F)(F)F. The van der Waals surface area contributed by atoms with Crippen molar-refractivity contribution >= 4 is 5.91 Å². The van der Waals surface area contributed by atoms with E-state index in [1.165, 1.54) is 18.2 Å². The number of carbonyl (C=O) groups is 1. The molecule has 1 aliphatic heterocycles. The lowest BCUT2D eigenvalue weighted by atomic mass is 10.2. The third kappa shape index (κ3) is 4.59. The summed E-state index contributed by atoms with van der Waals surface area (Å²) in [6.07, 6.45) is -5.51. The zero-order valence-electron chi connectivity index (χ0n) is 12.6. The Morgan fingerprint density at radius 1 is 1.43 bits per heavy atom. The smallest absolute Gasteiger partial charge is 0.419 e. The predicted molar refractivity (Wildman–Crippen MR) is 77.0 cm³/mol. The van der Waals surface area contributed by atoms with E-state index in [0.29, 0.717) is 13.1 Å². The van der Waals surface area contributed by atoms with Crippen molar-refractivity contribution in [3.8, 4) is 5.75 Å². The van der Waals surface area contributed by atoms with Gasteiger partial charge in [0, 0.05) is 19.6 Å². The van der Waals surface area contributed by atoms with E-state index in [1.54, 1.807) is 11.8 Å². The summed E-state index contributed by atoms with van der Waals surface area (Å²) in [7, 11) is 0. The number of benzene rings is 1. The van der Waals surface area contributed by atoms with Crippen molar-refractivity contribution in [2.45, 2.75) is 25.2 Å². The van der Waals surface area contributed by atoms with Crippen LogP contribution in [0.25, 0.3) is 0 Å². The normalized spacial score (nSPS) is 20.9. The van der Waals surface area contributed by atoms with Crippen LogP contribution in [0.5, 0.6) is 5.75 Å². The first-order chi connectivity index (χ1) is 10.8. The maximum atomic E-state index is 12.8. The lowest BCUT2D eigenvalue weighted by Crippen LogP contribution is -2.55. The van der Waals surface area contributed by atoms with Crippen LogP contribution in [-0.2, 0) is 11.0 Å². The molecule has 0 aromatic heterocycles. The van der Waals surface area contributed by atoms with Gasteiger partial charge in [-0.15, -0.1) is 0 Å². The maximum Gasteiger partial charge on any atom is 0.419 e. The second-order valence-corrected chi connectivity index (χ2v) is 5.42. The van der Waals surface area contributed by atoms with E-state index in [1.807, 2.05) is 0 Å². The summed E-state index contributed by atoms with van der Waals surface area (Å²) in [5.41, 5.74) is -0.877. The predicted octanol–water partition coefficient (Wildman–Crippen LogP) is 1.27. The molecular weight excluding hydrogens is 313 g/mol. The number of hydrogen-bond acceptors (Lipinski definition) is 4. The number of β-amino-alcohol motifs (C(OH)–C–C–N with tert-alkyl or cyclic N) is 1. The van der Waals surface area contributed by atoms with Crippen LogP contribution in [0.4, 0.5) is 13.2 Å². The van der Waals surface area contributed by atoms with Gasteiger partial charge in [0.2, 0.25) is 5.91 Å². The van der Waals surface area contributed by atoms with Gasteiger partial charge in [-0.3, -0.25) is 9.69 Å². The molecule has 1 fully saturated rings. The number of halogens is 3. The second-order valence-electron chi connectivity index (χ2n) is 5.42. The Bertz CT molecular complexity index is 551. The van der Waals surface area contributed by atoms with E-state index in [9.17, 15) is 23.1 Å². The number of nitrogens with zero attached hydrogens (tertiary/aromatic N) is 1. The molecule has 1 aliphatic rings. The van der Waals surface area contributed by atoms with Crippen LogP contribution in [0, 0.1) is 0 Å². The highest BCUT2D eigenvalue weighted by Gasteiger charge is 2.34. The average molecular weight is 332 g/mol. The first kappa shape index (κ1) is 17.6. The number of aliphatic hydroxyl groups excluding tert-OH is 1. The number of hydrogen-bond donors (Lipinski definition) is 2. The summed E-state index contributed by atoms with van der Waals surface area (Å²) < 4.78 is 43.7. The topological polar surface area (TPSA) is 61.8 Å². The van der Waals surface area contributed by atoms with Gasteiger partial charge in [-0.1, -0.05) is 12.1 Å². The Labute approximate surface area is 132 Å². The number of amides is 1. The molecule has 0 spiro atoms. The lowest BCUT2D eigenvalue weighted by Gasteiger charge is -2.34. The molecule has 0 bridgehead atoms. The Kier molecular flexibility index (Phi) is 5.48. The first-order valence-electron chi connectivity index (χ1n) is 7.28. The van der Waals surface area contributed by atoms with Gasteiger partial charge in [0.25, 0.3) is 0 Å². The molecule has 2 rings (SSSR count). The quantitative estimate of drug-likeness (QED) is 0.852. The number of piperazine rings is 1. The standard InChI is InChI=1S/C15H19F3N2O3/c1-10-14(22)19-6-7-20(10)8-11(21)9-23-13-5-3-2-4-12(13)15(16,17)18/h2-5,10-11,21H,6-9H2,1H3,(H,19,22)/t10-,11-/m0/s1. The van der Waals surface area contributed by atoms with E-state index in [0.717, 1.165) is 6.07 Å². The Morgan fingerprint density at radius 3 is 2.83 bits per heavy atom. The summed E-state index contributed by atoms with van der Waals surface area (Å²) in [4.78, 5) is 13.3. The molecule has 1 heterocycles. The van der Waals surface area contributed by atoms with Crippen LogP contribution >= 0.6 is 0 Å². The largest absolute Gasteiger partial charge is 0.490 e. The molecule has 23 heavy (non-hydrogen) atoms. The highest BCUT2D eigenvalue weighted by atomic mass is 19.4. The van der Waals surface area contributed by atoms with Crippen LogP contribution in [0.3, 0.4) is 0 Å². The van der Waals surface area contributed by atoms with Gasteiger partial charge in [-0.25, -0.2) is 0 Å². The molecule has 0 unspecified atom stereocenters. The molecule has 1 amide bonds. The molecule has 0 aliphatic carbocycles. The maximum absolute atomic E-state index is 12.8. The van der Waals surface area contributed by atoms with Crippen LogP contribution in [0.15, 0.2) is 24.3 Å². The summed E-state index contributed by atoms with van der Waals surface area (Å²) in [5.74, 6) is -0.449. The van der Waals surface area contributed by atoms with Crippen molar-refractivity contribution in [2.75, 3.05) is 26.2 Å². The monoisotopic (exact) mass is 332 g/mol. The van der Waals surface area contributed by atoms with Crippen molar-refractivity contribution in [1.82, 2.24) is 10.2 Å². The van der Waals surface area contributed by atoms with Gasteiger partial charge in [-0.2, -0.15) is 13.2 Å². The fraction of sp³-hybridized carbons (Fsp3) is 0.533. The molecule has 2 atom stereocenters. The number of rotatable bonds is 5. The molecular formula is C15H19F3N2O3. The summed E-state index contributed by atoms with van der Waals surface area (Å²) in [6.45, 7) is 2.64. The molecule has 1 aromatic rings. The molecule has 1 aromatic carbocycles. The zero-order valence-corrected chi connectivity index (χ0v) is 12.6. The van der Waals surface area contributed by atoms with E-state index >= 15 is 0 Å². The molecule has 128 valence electrons.